The summed E-state index contributed by atoms with van der Waals surface area (Å²) in [7, 11) is 0. The first-order valence-electron chi connectivity index (χ1n) is 8.56. The number of aromatic nitrogens is 2. The predicted molar refractivity (Wildman–Crippen MR) is 95.2 cm³/mol. The number of nitrogens with zero attached hydrogens (tertiary/aromatic N) is 3. The molecular formula is C18H25N5O. The number of urea groups is 1. The molecule has 0 saturated heterocycles. The molecule has 0 bridgehead atoms. The topological polar surface area (TPSA) is 62.2 Å². The Labute approximate surface area is 142 Å². The average Bonchev–Trinajstić information content (AvgIpc) is 3.26. The van der Waals surface area contributed by atoms with Gasteiger partial charge in [0, 0.05) is 50.3 Å². The molecule has 2 N–H and O–H groups in total. The number of benzene rings is 1. The Hall–Kier alpha value is -2.50. The molecule has 1 atom stereocenters. The van der Waals surface area contributed by atoms with Crippen molar-refractivity contribution in [2.75, 3.05) is 24.5 Å². The van der Waals surface area contributed by atoms with Gasteiger partial charge in [-0.2, -0.15) is 0 Å². The van der Waals surface area contributed by atoms with Gasteiger partial charge >= 0.3 is 6.03 Å². The van der Waals surface area contributed by atoms with E-state index in [-0.39, 0.29) is 12.1 Å². The molecule has 24 heavy (non-hydrogen) atoms. The Morgan fingerprint density at radius 2 is 2.21 bits per heavy atom. The predicted octanol–water partition coefficient (Wildman–Crippen LogP) is 2.02. The van der Waals surface area contributed by atoms with Crippen LogP contribution in [0.2, 0.25) is 0 Å². The second kappa shape index (κ2) is 7.86. The molecule has 2 heterocycles. The first kappa shape index (κ1) is 16.4. The van der Waals surface area contributed by atoms with E-state index in [0.717, 1.165) is 25.9 Å². The van der Waals surface area contributed by atoms with Crippen molar-refractivity contribution in [1.29, 1.82) is 0 Å². The van der Waals surface area contributed by atoms with E-state index in [1.165, 1.54) is 11.3 Å². The zero-order valence-electron chi connectivity index (χ0n) is 14.1. The fraction of sp³-hybridized carbons (Fsp3) is 0.444. The molecule has 1 aromatic carbocycles. The van der Waals surface area contributed by atoms with E-state index in [1.807, 2.05) is 10.8 Å². The van der Waals surface area contributed by atoms with Crippen LogP contribution in [0.1, 0.15) is 18.9 Å². The van der Waals surface area contributed by atoms with Crippen molar-refractivity contribution < 1.29 is 4.79 Å². The zero-order valence-corrected chi connectivity index (χ0v) is 14.1. The van der Waals surface area contributed by atoms with E-state index < -0.39 is 0 Å². The smallest absolute Gasteiger partial charge is 0.314 e. The van der Waals surface area contributed by atoms with Crippen LogP contribution in [0, 0.1) is 0 Å². The highest BCUT2D eigenvalue weighted by Gasteiger charge is 2.22. The van der Waals surface area contributed by atoms with Crippen LogP contribution in [0.4, 0.5) is 10.5 Å². The van der Waals surface area contributed by atoms with Gasteiger partial charge in [-0.3, -0.25) is 0 Å². The van der Waals surface area contributed by atoms with Gasteiger partial charge in [0.15, 0.2) is 0 Å². The first-order valence-corrected chi connectivity index (χ1v) is 8.56. The number of aryl methyl sites for hydroxylation is 1. The minimum Gasteiger partial charge on any atom is -0.366 e. The molecule has 0 fully saturated rings. The zero-order chi connectivity index (χ0) is 16.8. The molecule has 6 heteroatoms. The summed E-state index contributed by atoms with van der Waals surface area (Å²) in [5.74, 6) is 0. The van der Waals surface area contributed by atoms with Gasteiger partial charge < -0.3 is 20.1 Å². The number of rotatable bonds is 7. The Bertz CT molecular complexity index is 655. The lowest BCUT2D eigenvalue weighted by molar-refractivity contribution is 0.240. The SMILES string of the molecule is CC(CNC(=O)NCCCn1ccnc1)N1CCc2ccccc21. The Kier molecular flexibility index (Phi) is 5.36. The second-order valence-electron chi connectivity index (χ2n) is 6.21. The van der Waals surface area contributed by atoms with Crippen molar-refractivity contribution >= 4 is 11.7 Å². The van der Waals surface area contributed by atoms with Gasteiger partial charge in [0.1, 0.15) is 0 Å². The van der Waals surface area contributed by atoms with Crippen LogP contribution in [0.3, 0.4) is 0 Å². The van der Waals surface area contributed by atoms with E-state index >= 15 is 0 Å². The molecular weight excluding hydrogens is 302 g/mol. The second-order valence-corrected chi connectivity index (χ2v) is 6.21. The summed E-state index contributed by atoms with van der Waals surface area (Å²) in [6, 6.07) is 8.69. The number of para-hydroxylation sites is 1. The minimum atomic E-state index is -0.0973. The van der Waals surface area contributed by atoms with Gasteiger partial charge in [-0.1, -0.05) is 18.2 Å². The molecule has 3 rings (SSSR count). The van der Waals surface area contributed by atoms with Crippen LogP contribution in [0.5, 0.6) is 0 Å². The number of amides is 2. The molecule has 0 spiro atoms. The molecule has 0 saturated carbocycles. The maximum Gasteiger partial charge on any atom is 0.314 e. The summed E-state index contributed by atoms with van der Waals surface area (Å²) in [6.07, 6.45) is 7.45. The number of imidazole rings is 1. The number of nitrogens with one attached hydrogen (secondary N) is 2. The fourth-order valence-electron chi connectivity index (χ4n) is 3.12. The maximum atomic E-state index is 11.9. The molecule has 1 aliphatic heterocycles. The van der Waals surface area contributed by atoms with Gasteiger partial charge in [0.05, 0.1) is 6.33 Å². The molecule has 0 radical (unpaired) electrons. The van der Waals surface area contributed by atoms with Crippen molar-refractivity contribution in [3.8, 4) is 0 Å². The highest BCUT2D eigenvalue weighted by molar-refractivity contribution is 5.73. The number of fused-ring (bicyclic) bond motifs is 1. The number of carbonyl (C=O) groups is 1. The van der Waals surface area contributed by atoms with Crippen molar-refractivity contribution in [1.82, 2.24) is 20.2 Å². The van der Waals surface area contributed by atoms with Crippen LogP contribution in [0.25, 0.3) is 0 Å². The van der Waals surface area contributed by atoms with Crippen molar-refractivity contribution in [3.63, 3.8) is 0 Å². The normalized spacial score (nSPS) is 14.3. The summed E-state index contributed by atoms with van der Waals surface area (Å²) < 4.78 is 2.01. The first-order chi connectivity index (χ1) is 11.7. The lowest BCUT2D eigenvalue weighted by Gasteiger charge is -2.27. The molecule has 6 nitrogen and oxygen atoms in total. The molecule has 2 aromatic rings. The Balaban J connectivity index is 1.35. The Morgan fingerprint density at radius 3 is 3.04 bits per heavy atom. The van der Waals surface area contributed by atoms with Crippen LogP contribution in [-0.4, -0.2) is 41.3 Å². The fourth-order valence-corrected chi connectivity index (χ4v) is 3.12. The lowest BCUT2D eigenvalue weighted by Crippen LogP contribution is -2.45. The monoisotopic (exact) mass is 327 g/mol. The maximum absolute atomic E-state index is 11.9. The quantitative estimate of drug-likeness (QED) is 0.765. The largest absolute Gasteiger partial charge is 0.366 e. The van der Waals surface area contributed by atoms with Gasteiger partial charge in [-0.15, -0.1) is 0 Å². The molecule has 1 aliphatic rings. The summed E-state index contributed by atoms with van der Waals surface area (Å²) >= 11 is 0. The molecule has 128 valence electrons. The highest BCUT2D eigenvalue weighted by atomic mass is 16.2. The number of hydrogen-bond donors (Lipinski definition) is 2. The molecule has 2 amide bonds. The highest BCUT2D eigenvalue weighted by Crippen LogP contribution is 2.28. The van der Waals surface area contributed by atoms with Gasteiger partial charge in [-0.05, 0) is 31.4 Å². The van der Waals surface area contributed by atoms with Crippen LogP contribution < -0.4 is 15.5 Å². The summed E-state index contributed by atoms with van der Waals surface area (Å²) in [5.41, 5.74) is 2.70. The minimum absolute atomic E-state index is 0.0973. The van der Waals surface area contributed by atoms with Crippen molar-refractivity contribution in [2.45, 2.75) is 32.4 Å². The number of anilines is 1. The number of carbonyl (C=O) groups excluding carboxylic acids is 1. The van der Waals surface area contributed by atoms with E-state index in [1.54, 1.807) is 12.5 Å². The third kappa shape index (κ3) is 4.07. The van der Waals surface area contributed by atoms with Crippen LogP contribution in [0.15, 0.2) is 43.0 Å². The van der Waals surface area contributed by atoms with Gasteiger partial charge in [0.2, 0.25) is 0 Å². The van der Waals surface area contributed by atoms with E-state index in [9.17, 15) is 4.79 Å². The van der Waals surface area contributed by atoms with E-state index in [2.05, 4.69) is 51.7 Å². The van der Waals surface area contributed by atoms with E-state index in [4.69, 9.17) is 0 Å². The van der Waals surface area contributed by atoms with Crippen LogP contribution >= 0.6 is 0 Å². The summed E-state index contributed by atoms with van der Waals surface area (Å²) in [4.78, 5) is 18.3. The lowest BCUT2D eigenvalue weighted by atomic mass is 10.2. The molecule has 1 aromatic heterocycles. The molecule has 0 aliphatic carbocycles. The third-order valence-electron chi connectivity index (χ3n) is 4.45. The van der Waals surface area contributed by atoms with Gasteiger partial charge in [-0.25, -0.2) is 9.78 Å². The summed E-state index contributed by atoms with van der Waals surface area (Å²) in [5, 5.41) is 5.88. The van der Waals surface area contributed by atoms with Crippen LogP contribution in [-0.2, 0) is 13.0 Å². The average molecular weight is 327 g/mol. The Morgan fingerprint density at radius 1 is 1.33 bits per heavy atom. The van der Waals surface area contributed by atoms with Crippen molar-refractivity contribution in [3.05, 3.63) is 48.5 Å². The third-order valence-corrected chi connectivity index (χ3v) is 4.45. The summed E-state index contributed by atoms with van der Waals surface area (Å²) in [6.45, 7) is 5.34. The van der Waals surface area contributed by atoms with Crippen molar-refractivity contribution in [2.24, 2.45) is 0 Å². The standard InChI is InChI=1S/C18H25N5O/c1-15(23-11-7-16-5-2-3-6-17(16)23)13-21-18(24)20-8-4-10-22-12-9-19-14-22/h2-3,5-6,9,12,14-15H,4,7-8,10-11,13H2,1H3,(H2,20,21,24). The molecule has 1 unspecified atom stereocenters. The number of hydrogen-bond acceptors (Lipinski definition) is 3. The van der Waals surface area contributed by atoms with Gasteiger partial charge in [0.25, 0.3) is 0 Å². The van der Waals surface area contributed by atoms with E-state index in [0.29, 0.717) is 13.1 Å².